The molecule has 0 N–H and O–H groups in total. The molecule has 2 aliphatic rings. The molecule has 0 aromatic heterocycles. The molecule has 2 aliphatic carbocycles. The molecular formula is C38H52Cl2SiZr. The van der Waals surface area contributed by atoms with E-state index in [0.29, 0.717) is 0 Å². The zero-order valence-corrected chi connectivity index (χ0v) is 32.4. The third-order valence-electron chi connectivity index (χ3n) is 9.74. The van der Waals surface area contributed by atoms with Gasteiger partial charge in [0.2, 0.25) is 0 Å². The second kappa shape index (κ2) is 17.7. The van der Waals surface area contributed by atoms with E-state index in [2.05, 4.69) is 91.0 Å². The molecule has 4 aromatic rings. The minimum absolute atomic E-state index is 0.808. The summed E-state index contributed by atoms with van der Waals surface area (Å²) in [6.07, 6.45) is 14.1. The zero-order chi connectivity index (χ0) is 30.8. The predicted molar refractivity (Wildman–Crippen MR) is 188 cm³/mol. The molecule has 0 heterocycles. The molecule has 4 aromatic carbocycles. The summed E-state index contributed by atoms with van der Waals surface area (Å²) in [7, 11) is 11.0. The fraction of sp³-hybridized carbons (Fsp3) is 0.526. The van der Waals surface area contributed by atoms with E-state index in [-0.39, 0.29) is 0 Å². The van der Waals surface area contributed by atoms with Crippen molar-refractivity contribution in [3.8, 4) is 0 Å². The first kappa shape index (κ1) is 35.8. The van der Waals surface area contributed by atoms with Crippen molar-refractivity contribution in [1.29, 1.82) is 0 Å². The van der Waals surface area contributed by atoms with Gasteiger partial charge in [-0.05, 0) is 37.5 Å². The average Bonchev–Trinajstić information content (AvgIpc) is 3.47. The Morgan fingerprint density at radius 2 is 0.905 bits per heavy atom. The van der Waals surface area contributed by atoms with Gasteiger partial charge in [0.25, 0.3) is 0 Å². The number of aryl methyl sites for hydroxylation is 6. The van der Waals surface area contributed by atoms with E-state index >= 15 is 0 Å². The Balaban J connectivity index is 0.000000195. The Kier molecular flexibility index (Phi) is 15.1. The molecule has 0 aliphatic heterocycles. The van der Waals surface area contributed by atoms with Crippen molar-refractivity contribution in [2.75, 3.05) is 0 Å². The molecule has 226 valence electrons. The van der Waals surface area contributed by atoms with Crippen molar-refractivity contribution in [1.82, 2.24) is 0 Å². The summed E-state index contributed by atoms with van der Waals surface area (Å²) in [5.41, 5.74) is 12.0. The van der Waals surface area contributed by atoms with Crippen LogP contribution in [0.3, 0.4) is 0 Å². The van der Waals surface area contributed by atoms with Crippen LogP contribution in [-0.4, -0.2) is 9.52 Å². The van der Waals surface area contributed by atoms with Gasteiger partial charge in [0.1, 0.15) is 0 Å². The van der Waals surface area contributed by atoms with Crippen LogP contribution in [0.4, 0.5) is 0 Å². The van der Waals surface area contributed by atoms with Crippen LogP contribution in [0.25, 0.3) is 21.5 Å². The fourth-order valence-electron chi connectivity index (χ4n) is 7.24. The first-order valence-electron chi connectivity index (χ1n) is 16.1. The summed E-state index contributed by atoms with van der Waals surface area (Å²) in [5, 5.41) is 6.12. The Morgan fingerprint density at radius 1 is 0.595 bits per heavy atom. The number of hydrogen-bond donors (Lipinski definition) is 0. The van der Waals surface area contributed by atoms with Crippen LogP contribution in [0.2, 0.25) is 13.1 Å². The molecule has 0 unspecified atom stereocenters. The fourth-order valence-corrected chi connectivity index (χ4v) is 7.24. The standard InChI is InChI=1S/2C18H23.C2H6Si.2ClH.Zr/c2*1-12-9-10-16(15-7-5-4-6-8-15)18-14(3)13(2)11-17(12)18;1-3-2;;;/h2*9-11,15H,4-8H2,1-3H3;1-2H3;2*1H;/q2*-1;;;;+4/p-2. The molecule has 6 rings (SSSR count). The quantitative estimate of drug-likeness (QED) is 0.144. The molecule has 2 fully saturated rings. The van der Waals surface area contributed by atoms with Crippen LogP contribution in [0, 0.1) is 41.5 Å². The second-order valence-corrected chi connectivity index (χ2v) is 17.4. The van der Waals surface area contributed by atoms with E-state index in [1.165, 1.54) is 108 Å². The van der Waals surface area contributed by atoms with Gasteiger partial charge in [0.15, 0.2) is 0 Å². The molecule has 0 saturated heterocycles. The van der Waals surface area contributed by atoms with Gasteiger partial charge in [0.05, 0.1) is 0 Å². The molecule has 0 amide bonds. The Hall–Kier alpha value is -0.660. The van der Waals surface area contributed by atoms with E-state index in [0.717, 1.165) is 21.4 Å². The van der Waals surface area contributed by atoms with E-state index in [4.69, 9.17) is 17.0 Å². The van der Waals surface area contributed by atoms with Gasteiger partial charge in [-0.2, -0.15) is 11.1 Å². The molecule has 42 heavy (non-hydrogen) atoms. The molecular weight excluding hydrogens is 647 g/mol. The summed E-state index contributed by atoms with van der Waals surface area (Å²) < 4.78 is 0. The number of benzene rings is 2. The van der Waals surface area contributed by atoms with Crippen molar-refractivity contribution in [2.45, 2.75) is 131 Å². The normalized spacial score (nSPS) is 15.7. The molecule has 2 saturated carbocycles. The maximum atomic E-state index is 4.93. The summed E-state index contributed by atoms with van der Waals surface area (Å²) in [6.45, 7) is 17.9. The van der Waals surface area contributed by atoms with E-state index in [1.807, 2.05) is 0 Å². The first-order valence-corrected chi connectivity index (χ1v) is 24.4. The summed E-state index contributed by atoms with van der Waals surface area (Å²) in [5.74, 6) is 1.62. The van der Waals surface area contributed by atoms with Gasteiger partial charge < -0.3 is 0 Å². The van der Waals surface area contributed by atoms with Crippen molar-refractivity contribution in [2.24, 2.45) is 0 Å². The molecule has 0 bridgehead atoms. The van der Waals surface area contributed by atoms with Gasteiger partial charge in [0, 0.05) is 9.52 Å². The Bertz CT molecular complexity index is 1290. The van der Waals surface area contributed by atoms with E-state index in [9.17, 15) is 0 Å². The summed E-state index contributed by atoms with van der Waals surface area (Å²) in [6, 6.07) is 14.2. The predicted octanol–water partition coefficient (Wildman–Crippen LogP) is 13.2. The first-order chi connectivity index (χ1) is 20.2. The van der Waals surface area contributed by atoms with Crippen LogP contribution in [0.5, 0.6) is 0 Å². The third-order valence-corrected chi connectivity index (χ3v) is 9.74. The summed E-state index contributed by atoms with van der Waals surface area (Å²) >= 11 is -0.826. The second-order valence-electron chi connectivity index (χ2n) is 12.7. The maximum absolute atomic E-state index is 4.93. The van der Waals surface area contributed by atoms with Crippen molar-refractivity contribution in [3.05, 3.63) is 80.9 Å². The van der Waals surface area contributed by atoms with Crippen LogP contribution in [0.15, 0.2) is 36.4 Å². The average molecular weight is 699 g/mol. The number of hydrogen-bond acceptors (Lipinski definition) is 0. The van der Waals surface area contributed by atoms with Gasteiger partial charge in [-0.3, -0.25) is 0 Å². The molecule has 0 spiro atoms. The van der Waals surface area contributed by atoms with Gasteiger partial charge in [-0.25, -0.2) is 0 Å². The van der Waals surface area contributed by atoms with Gasteiger partial charge >= 0.3 is 37.9 Å². The minimum atomic E-state index is -0.826. The van der Waals surface area contributed by atoms with Crippen LogP contribution in [0.1, 0.15) is 121 Å². The number of rotatable bonds is 2. The van der Waals surface area contributed by atoms with Gasteiger partial charge in [-0.1, -0.05) is 116 Å². The molecule has 0 atom stereocenters. The Labute approximate surface area is 278 Å². The molecule has 4 heteroatoms. The van der Waals surface area contributed by atoms with Crippen molar-refractivity contribution < 1.29 is 20.8 Å². The van der Waals surface area contributed by atoms with Crippen LogP contribution < -0.4 is 0 Å². The molecule has 0 nitrogen and oxygen atoms in total. The van der Waals surface area contributed by atoms with Crippen molar-refractivity contribution in [3.63, 3.8) is 0 Å². The summed E-state index contributed by atoms with van der Waals surface area (Å²) in [4.78, 5) is 0. The van der Waals surface area contributed by atoms with E-state index < -0.39 is 20.8 Å². The van der Waals surface area contributed by atoms with Crippen molar-refractivity contribution >= 4 is 48.1 Å². The van der Waals surface area contributed by atoms with Gasteiger partial charge in [-0.15, -0.1) is 68.1 Å². The van der Waals surface area contributed by atoms with E-state index in [1.54, 1.807) is 21.9 Å². The monoisotopic (exact) mass is 696 g/mol. The Morgan fingerprint density at radius 3 is 1.21 bits per heavy atom. The third kappa shape index (κ3) is 8.74. The number of fused-ring (bicyclic) bond motifs is 2. The molecule has 2 radical (unpaired) electrons. The topological polar surface area (TPSA) is 0 Å². The number of halogens is 2. The van der Waals surface area contributed by atoms with Crippen LogP contribution in [-0.2, 0) is 20.8 Å². The zero-order valence-electron chi connectivity index (χ0n) is 27.4. The van der Waals surface area contributed by atoms with Crippen LogP contribution >= 0.6 is 17.0 Å². The SMILES string of the molecule is C[Si]C.Cc1[cH-]c2c(C)ccc(C3CCCCC3)c2c1C.Cc1[cH-]c2c(C)ccc(C3CCCCC3)c2c1C.[Cl][Zr+2][Cl].